The second kappa shape index (κ2) is 7.39. The molecule has 0 unspecified atom stereocenters. The molecule has 2 N–H and O–H groups in total. The molecule has 0 bridgehead atoms. The Morgan fingerprint density at radius 3 is 2.55 bits per heavy atom. The smallest absolute Gasteiger partial charge is 0.291 e. The maximum Gasteiger partial charge on any atom is 0.291 e. The highest BCUT2D eigenvalue weighted by atomic mass is 16.5. The van der Waals surface area contributed by atoms with Crippen LogP contribution in [-0.2, 0) is 5.41 Å². The number of amides is 1. The Morgan fingerprint density at radius 1 is 1.00 bits per heavy atom. The van der Waals surface area contributed by atoms with E-state index in [1.54, 1.807) is 18.3 Å². The third kappa shape index (κ3) is 3.96. The quantitative estimate of drug-likeness (QED) is 0.499. The summed E-state index contributed by atoms with van der Waals surface area (Å²) in [6.45, 7) is 6.37. The number of imidazole rings is 1. The van der Waals surface area contributed by atoms with Crippen molar-refractivity contribution in [2.75, 3.05) is 5.32 Å². The van der Waals surface area contributed by atoms with Crippen molar-refractivity contribution in [1.82, 2.24) is 15.0 Å². The summed E-state index contributed by atoms with van der Waals surface area (Å²) in [5.41, 5.74) is 2.98. The molecule has 0 aliphatic heterocycles. The maximum absolute atomic E-state index is 12.7. The van der Waals surface area contributed by atoms with E-state index in [0.717, 1.165) is 16.6 Å². The van der Waals surface area contributed by atoms with Gasteiger partial charge in [-0.3, -0.25) is 4.79 Å². The number of pyridine rings is 1. The molecular weight excluding hydrogens is 364 g/mol. The van der Waals surface area contributed by atoms with E-state index < -0.39 is 0 Å². The fourth-order valence-corrected chi connectivity index (χ4v) is 3.09. The fourth-order valence-electron chi connectivity index (χ4n) is 3.09. The lowest BCUT2D eigenvalue weighted by Gasteiger charge is -2.22. The largest absolute Gasteiger partial charge is 0.437 e. The molecule has 0 saturated heterocycles. The first-order valence-corrected chi connectivity index (χ1v) is 9.40. The number of fused-ring (bicyclic) bond motifs is 1. The van der Waals surface area contributed by atoms with Gasteiger partial charge in [0.25, 0.3) is 5.91 Å². The summed E-state index contributed by atoms with van der Waals surface area (Å²) in [4.78, 5) is 24.4. The predicted octanol–water partition coefficient (Wildman–Crippen LogP) is 5.30. The first-order chi connectivity index (χ1) is 13.9. The highest BCUT2D eigenvalue weighted by Crippen LogP contribution is 2.35. The van der Waals surface area contributed by atoms with Gasteiger partial charge in [0.05, 0.1) is 11.0 Å². The van der Waals surface area contributed by atoms with Crippen LogP contribution in [0.1, 0.15) is 37.0 Å². The molecule has 2 aromatic heterocycles. The minimum Gasteiger partial charge on any atom is -0.437 e. The monoisotopic (exact) mass is 386 g/mol. The summed E-state index contributed by atoms with van der Waals surface area (Å²) in [6, 6.07) is 18.8. The molecule has 6 nitrogen and oxygen atoms in total. The van der Waals surface area contributed by atoms with Crippen LogP contribution in [0.4, 0.5) is 5.69 Å². The zero-order chi connectivity index (χ0) is 20.4. The number of ether oxygens (including phenoxy) is 1. The number of para-hydroxylation sites is 3. The van der Waals surface area contributed by atoms with E-state index in [9.17, 15) is 4.79 Å². The van der Waals surface area contributed by atoms with E-state index in [1.165, 1.54) is 0 Å². The summed E-state index contributed by atoms with van der Waals surface area (Å²) in [7, 11) is 0. The third-order valence-electron chi connectivity index (χ3n) is 4.53. The average Bonchev–Trinajstić information content (AvgIpc) is 3.13. The Morgan fingerprint density at radius 2 is 1.76 bits per heavy atom. The van der Waals surface area contributed by atoms with Crippen LogP contribution in [-0.4, -0.2) is 20.9 Å². The van der Waals surface area contributed by atoms with Crippen LogP contribution in [0, 0.1) is 0 Å². The van der Waals surface area contributed by atoms with Gasteiger partial charge in [-0.1, -0.05) is 51.1 Å². The molecule has 0 saturated carbocycles. The minimum atomic E-state index is -0.358. The third-order valence-corrected chi connectivity index (χ3v) is 4.53. The molecule has 146 valence electrons. The molecule has 1 amide bonds. The Hall–Kier alpha value is -3.67. The zero-order valence-electron chi connectivity index (χ0n) is 16.6. The summed E-state index contributed by atoms with van der Waals surface area (Å²) >= 11 is 0. The summed E-state index contributed by atoms with van der Waals surface area (Å²) in [5.74, 6) is 0.908. The van der Waals surface area contributed by atoms with Crippen LogP contribution in [0.25, 0.3) is 11.0 Å². The van der Waals surface area contributed by atoms with Crippen molar-refractivity contribution in [1.29, 1.82) is 0 Å². The fraction of sp³-hybridized carbons (Fsp3) is 0.174. The highest BCUT2D eigenvalue weighted by Gasteiger charge is 2.20. The number of anilines is 1. The van der Waals surface area contributed by atoms with Crippen molar-refractivity contribution in [2.45, 2.75) is 26.2 Å². The molecule has 0 spiro atoms. The van der Waals surface area contributed by atoms with Gasteiger partial charge in [0, 0.05) is 11.8 Å². The Labute approximate surface area is 169 Å². The number of nitrogens with zero attached hydrogens (tertiary/aromatic N) is 2. The van der Waals surface area contributed by atoms with Gasteiger partial charge in [-0.25, -0.2) is 9.97 Å². The van der Waals surface area contributed by atoms with Crippen LogP contribution in [0.3, 0.4) is 0 Å². The molecule has 2 aromatic carbocycles. The van der Waals surface area contributed by atoms with Crippen LogP contribution in [0.2, 0.25) is 0 Å². The van der Waals surface area contributed by atoms with Crippen LogP contribution in [0.15, 0.2) is 66.9 Å². The second-order valence-corrected chi connectivity index (χ2v) is 7.76. The normalized spacial score (nSPS) is 11.4. The van der Waals surface area contributed by atoms with E-state index >= 15 is 0 Å². The van der Waals surface area contributed by atoms with E-state index in [-0.39, 0.29) is 17.1 Å². The van der Waals surface area contributed by atoms with Gasteiger partial charge >= 0.3 is 0 Å². The molecule has 0 radical (unpaired) electrons. The number of H-pyrrole nitrogens is 1. The number of nitrogens with one attached hydrogen (secondary N) is 2. The van der Waals surface area contributed by atoms with Gasteiger partial charge in [-0.15, -0.1) is 0 Å². The number of hydrogen-bond acceptors (Lipinski definition) is 4. The van der Waals surface area contributed by atoms with Crippen molar-refractivity contribution in [3.63, 3.8) is 0 Å². The van der Waals surface area contributed by atoms with Crippen molar-refractivity contribution < 1.29 is 9.53 Å². The number of aromatic nitrogens is 3. The van der Waals surface area contributed by atoms with Gasteiger partial charge in [0.15, 0.2) is 5.82 Å². The van der Waals surface area contributed by atoms with Gasteiger partial charge < -0.3 is 15.0 Å². The Kier molecular flexibility index (Phi) is 4.76. The standard InChI is InChI=1S/C23H22N4O2/c1-23(2,3)15-9-4-7-13-19(15)29-22-18(12-8-14-24-22)27-21(28)20-25-16-10-5-6-11-17(16)26-20/h4-14H,1-3H3,(H,25,26)(H,27,28). The SMILES string of the molecule is CC(C)(C)c1ccccc1Oc1ncccc1NC(=O)c1nc2ccccc2[nH]1. The minimum absolute atomic E-state index is 0.0942. The molecule has 4 aromatic rings. The predicted molar refractivity (Wildman–Crippen MR) is 113 cm³/mol. The summed E-state index contributed by atoms with van der Waals surface area (Å²) < 4.78 is 6.11. The number of benzene rings is 2. The van der Waals surface area contributed by atoms with Crippen molar-refractivity contribution >= 4 is 22.6 Å². The van der Waals surface area contributed by atoms with Gasteiger partial charge in [0.2, 0.25) is 5.88 Å². The molecule has 4 rings (SSSR count). The molecule has 6 heteroatoms. The van der Waals surface area contributed by atoms with Crippen molar-refractivity contribution in [3.8, 4) is 11.6 Å². The van der Waals surface area contributed by atoms with E-state index in [0.29, 0.717) is 17.3 Å². The molecule has 2 heterocycles. The summed E-state index contributed by atoms with van der Waals surface area (Å²) in [6.07, 6.45) is 1.63. The number of carbonyl (C=O) groups excluding carboxylic acids is 1. The first kappa shape index (κ1) is 18.7. The topological polar surface area (TPSA) is 79.9 Å². The van der Waals surface area contributed by atoms with Crippen LogP contribution >= 0.6 is 0 Å². The lowest BCUT2D eigenvalue weighted by Crippen LogP contribution is -2.15. The van der Waals surface area contributed by atoms with E-state index in [2.05, 4.69) is 41.0 Å². The van der Waals surface area contributed by atoms with Crippen molar-refractivity contribution in [3.05, 3.63) is 78.2 Å². The van der Waals surface area contributed by atoms with Crippen LogP contribution < -0.4 is 10.1 Å². The van der Waals surface area contributed by atoms with Gasteiger partial charge in [-0.05, 0) is 35.7 Å². The molecule has 0 fully saturated rings. The van der Waals surface area contributed by atoms with Gasteiger partial charge in [0.1, 0.15) is 11.4 Å². The maximum atomic E-state index is 12.7. The number of carbonyl (C=O) groups is 1. The van der Waals surface area contributed by atoms with E-state index in [1.807, 2.05) is 48.5 Å². The molecule has 0 aliphatic carbocycles. The molecule has 0 atom stereocenters. The first-order valence-electron chi connectivity index (χ1n) is 9.40. The Balaban J connectivity index is 1.62. The van der Waals surface area contributed by atoms with Gasteiger partial charge in [-0.2, -0.15) is 0 Å². The van der Waals surface area contributed by atoms with E-state index in [4.69, 9.17) is 4.74 Å². The Bertz CT molecular complexity index is 1140. The number of aromatic amines is 1. The molecule has 0 aliphatic rings. The summed E-state index contributed by atoms with van der Waals surface area (Å²) in [5, 5.41) is 2.85. The second-order valence-electron chi connectivity index (χ2n) is 7.76. The lowest BCUT2D eigenvalue weighted by molar-refractivity contribution is 0.101. The molecule has 29 heavy (non-hydrogen) atoms. The average molecular weight is 386 g/mol. The zero-order valence-corrected chi connectivity index (χ0v) is 16.6. The van der Waals surface area contributed by atoms with Crippen LogP contribution in [0.5, 0.6) is 11.6 Å². The lowest BCUT2D eigenvalue weighted by atomic mass is 9.86. The number of hydrogen-bond donors (Lipinski definition) is 2. The highest BCUT2D eigenvalue weighted by molar-refractivity contribution is 6.04. The number of rotatable bonds is 4. The molecular formula is C23H22N4O2. The van der Waals surface area contributed by atoms with Crippen molar-refractivity contribution in [2.24, 2.45) is 0 Å².